The SMILES string of the molecule is COC(=O)C[C@H](c1ccco1)c1oc(CSc2ccc3ccccc3c2)cc(=O)c1O. The fourth-order valence-corrected chi connectivity index (χ4v) is 4.16. The van der Waals surface area contributed by atoms with Crippen LogP contribution >= 0.6 is 11.8 Å². The van der Waals surface area contributed by atoms with Crippen molar-refractivity contribution in [1.29, 1.82) is 0 Å². The van der Waals surface area contributed by atoms with Gasteiger partial charge in [0.25, 0.3) is 0 Å². The van der Waals surface area contributed by atoms with Crippen LogP contribution in [0.2, 0.25) is 0 Å². The van der Waals surface area contributed by atoms with Gasteiger partial charge in [-0.25, -0.2) is 0 Å². The number of hydrogen-bond acceptors (Lipinski definition) is 7. The van der Waals surface area contributed by atoms with Crippen molar-refractivity contribution in [1.82, 2.24) is 0 Å². The van der Waals surface area contributed by atoms with Gasteiger partial charge >= 0.3 is 5.97 Å². The molecule has 0 bridgehead atoms. The largest absolute Gasteiger partial charge is 0.502 e. The maximum Gasteiger partial charge on any atom is 0.306 e. The van der Waals surface area contributed by atoms with E-state index in [1.807, 2.05) is 36.4 Å². The first-order valence-corrected chi connectivity index (χ1v) is 10.6. The van der Waals surface area contributed by atoms with Crippen LogP contribution in [-0.4, -0.2) is 18.2 Å². The average Bonchev–Trinajstić information content (AvgIpc) is 3.32. The third kappa shape index (κ3) is 4.67. The highest BCUT2D eigenvalue weighted by Crippen LogP contribution is 2.35. The van der Waals surface area contributed by atoms with Crippen molar-refractivity contribution in [3.05, 3.63) is 94.4 Å². The van der Waals surface area contributed by atoms with E-state index in [2.05, 4.69) is 6.07 Å². The predicted molar refractivity (Wildman–Crippen MR) is 117 cm³/mol. The number of carbonyl (C=O) groups excluding carboxylic acids is 1. The monoisotopic (exact) mass is 436 g/mol. The van der Waals surface area contributed by atoms with Gasteiger partial charge in [-0.2, -0.15) is 0 Å². The molecule has 2 heterocycles. The van der Waals surface area contributed by atoms with E-state index >= 15 is 0 Å². The Balaban J connectivity index is 1.63. The first-order valence-electron chi connectivity index (χ1n) is 9.63. The van der Waals surface area contributed by atoms with Gasteiger partial charge in [0.1, 0.15) is 11.5 Å². The first kappa shape index (κ1) is 20.8. The van der Waals surface area contributed by atoms with Crippen LogP contribution < -0.4 is 5.43 Å². The van der Waals surface area contributed by atoms with Gasteiger partial charge in [0.05, 0.1) is 31.5 Å². The summed E-state index contributed by atoms with van der Waals surface area (Å²) in [5.41, 5.74) is -0.572. The number of furan rings is 1. The molecule has 158 valence electrons. The van der Waals surface area contributed by atoms with Gasteiger partial charge in [0, 0.05) is 11.0 Å². The highest BCUT2D eigenvalue weighted by molar-refractivity contribution is 7.98. The first-order chi connectivity index (χ1) is 15.0. The lowest BCUT2D eigenvalue weighted by Gasteiger charge is -2.15. The molecular formula is C24H20O6S. The van der Waals surface area contributed by atoms with E-state index in [-0.39, 0.29) is 12.2 Å². The molecule has 2 aromatic carbocycles. The van der Waals surface area contributed by atoms with Crippen LogP contribution in [-0.2, 0) is 15.3 Å². The Kier molecular flexibility index (Phi) is 6.13. The standard InChI is InChI=1S/C24H20O6S/c1-28-22(26)13-19(21-7-4-10-29-21)24-23(27)20(25)12-17(30-24)14-31-18-9-8-15-5-2-3-6-16(15)11-18/h2-12,19,27H,13-14H2,1H3/t19-/m1/s1. The van der Waals surface area contributed by atoms with Gasteiger partial charge in [-0.15, -0.1) is 11.8 Å². The number of methoxy groups -OCH3 is 1. The van der Waals surface area contributed by atoms with E-state index in [1.165, 1.54) is 31.2 Å². The summed E-state index contributed by atoms with van der Waals surface area (Å²) < 4.78 is 16.1. The molecule has 0 aliphatic rings. The summed E-state index contributed by atoms with van der Waals surface area (Å²) in [7, 11) is 1.27. The number of thioether (sulfide) groups is 1. The van der Waals surface area contributed by atoms with E-state index < -0.39 is 23.1 Å². The average molecular weight is 436 g/mol. The van der Waals surface area contributed by atoms with E-state index in [1.54, 1.807) is 12.1 Å². The summed E-state index contributed by atoms with van der Waals surface area (Å²) in [5.74, 6) is -0.684. The number of fused-ring (bicyclic) bond motifs is 1. The number of esters is 1. The second-order valence-corrected chi connectivity index (χ2v) is 7.98. The molecule has 4 rings (SSSR count). The minimum atomic E-state index is -0.777. The fraction of sp³-hybridized carbons (Fsp3) is 0.167. The van der Waals surface area contributed by atoms with Crippen LogP contribution in [0.1, 0.15) is 29.6 Å². The maximum absolute atomic E-state index is 12.4. The Labute approximate surface area is 182 Å². The zero-order valence-corrected chi connectivity index (χ0v) is 17.6. The number of carbonyl (C=O) groups is 1. The lowest BCUT2D eigenvalue weighted by molar-refractivity contribution is -0.141. The van der Waals surface area contributed by atoms with Crippen LogP contribution in [0.15, 0.2) is 85.5 Å². The fourth-order valence-electron chi connectivity index (χ4n) is 3.34. The van der Waals surface area contributed by atoms with Gasteiger partial charge in [0.15, 0.2) is 5.76 Å². The molecule has 0 aliphatic carbocycles. The van der Waals surface area contributed by atoms with Gasteiger partial charge < -0.3 is 18.7 Å². The zero-order chi connectivity index (χ0) is 21.8. The molecule has 1 atom stereocenters. The number of rotatable bonds is 7. The number of ether oxygens (including phenoxy) is 1. The smallest absolute Gasteiger partial charge is 0.306 e. The van der Waals surface area contributed by atoms with Crippen molar-refractivity contribution in [3.8, 4) is 5.75 Å². The molecule has 6 nitrogen and oxygen atoms in total. The van der Waals surface area contributed by atoms with Gasteiger partial charge in [-0.1, -0.05) is 30.3 Å². The molecule has 31 heavy (non-hydrogen) atoms. The molecule has 0 saturated heterocycles. The molecule has 0 fully saturated rings. The molecule has 0 radical (unpaired) electrons. The van der Waals surface area contributed by atoms with E-state index in [4.69, 9.17) is 13.6 Å². The molecule has 0 aliphatic heterocycles. The van der Waals surface area contributed by atoms with E-state index in [0.29, 0.717) is 17.3 Å². The Morgan fingerprint density at radius 3 is 2.65 bits per heavy atom. The summed E-state index contributed by atoms with van der Waals surface area (Å²) in [5, 5.41) is 12.6. The Morgan fingerprint density at radius 1 is 1.10 bits per heavy atom. The third-order valence-corrected chi connectivity index (χ3v) is 5.92. The Bertz CT molecular complexity index is 1260. The molecular weight excluding hydrogens is 416 g/mol. The second-order valence-electron chi connectivity index (χ2n) is 6.94. The predicted octanol–water partition coefficient (Wildman–Crippen LogP) is 5.08. The molecule has 0 spiro atoms. The van der Waals surface area contributed by atoms with Crippen LogP contribution in [0.3, 0.4) is 0 Å². The zero-order valence-electron chi connectivity index (χ0n) is 16.7. The lowest BCUT2D eigenvalue weighted by atomic mass is 9.98. The molecule has 7 heteroatoms. The van der Waals surface area contributed by atoms with Gasteiger partial charge in [0.2, 0.25) is 11.2 Å². The molecule has 0 unspecified atom stereocenters. The summed E-state index contributed by atoms with van der Waals surface area (Å²) in [6.07, 6.45) is 1.32. The van der Waals surface area contributed by atoms with Crippen LogP contribution in [0, 0.1) is 0 Å². The van der Waals surface area contributed by atoms with Gasteiger partial charge in [-0.05, 0) is 35.0 Å². The van der Waals surface area contributed by atoms with Crippen molar-refractivity contribution >= 4 is 28.5 Å². The van der Waals surface area contributed by atoms with E-state index in [9.17, 15) is 14.7 Å². The lowest BCUT2D eigenvalue weighted by Crippen LogP contribution is -2.13. The summed E-state index contributed by atoms with van der Waals surface area (Å²) in [4.78, 5) is 25.4. The number of benzene rings is 2. The number of hydrogen-bond donors (Lipinski definition) is 1. The minimum absolute atomic E-state index is 0.0121. The highest BCUT2D eigenvalue weighted by Gasteiger charge is 2.28. The molecule has 0 saturated carbocycles. The Hall–Kier alpha value is -3.45. The molecule has 2 aromatic heterocycles. The molecule has 0 amide bonds. The topological polar surface area (TPSA) is 89.9 Å². The van der Waals surface area contributed by atoms with Crippen LogP contribution in [0.25, 0.3) is 10.8 Å². The minimum Gasteiger partial charge on any atom is -0.502 e. The van der Waals surface area contributed by atoms with Crippen molar-refractivity contribution < 1.29 is 23.5 Å². The van der Waals surface area contributed by atoms with Crippen molar-refractivity contribution in [2.45, 2.75) is 23.0 Å². The van der Waals surface area contributed by atoms with E-state index in [0.717, 1.165) is 15.7 Å². The van der Waals surface area contributed by atoms with Crippen molar-refractivity contribution in [2.75, 3.05) is 7.11 Å². The Morgan fingerprint density at radius 2 is 1.90 bits per heavy atom. The second kappa shape index (κ2) is 9.14. The highest BCUT2D eigenvalue weighted by atomic mass is 32.2. The number of aromatic hydroxyl groups is 1. The van der Waals surface area contributed by atoms with Gasteiger partial charge in [-0.3, -0.25) is 9.59 Å². The normalized spacial score (nSPS) is 12.0. The summed E-state index contributed by atoms with van der Waals surface area (Å²) in [6.45, 7) is 0. The maximum atomic E-state index is 12.4. The van der Waals surface area contributed by atoms with Crippen molar-refractivity contribution in [2.24, 2.45) is 0 Å². The summed E-state index contributed by atoms with van der Waals surface area (Å²) >= 11 is 1.51. The van der Waals surface area contributed by atoms with Crippen molar-refractivity contribution in [3.63, 3.8) is 0 Å². The van der Waals surface area contributed by atoms with Crippen LogP contribution in [0.4, 0.5) is 0 Å². The third-order valence-electron chi connectivity index (χ3n) is 4.90. The molecule has 1 N–H and O–H groups in total. The quantitative estimate of drug-likeness (QED) is 0.319. The van der Waals surface area contributed by atoms with Crippen LogP contribution in [0.5, 0.6) is 5.75 Å². The molecule has 4 aromatic rings. The summed E-state index contributed by atoms with van der Waals surface area (Å²) in [6, 6.07) is 18.8.